The van der Waals surface area contributed by atoms with Crippen LogP contribution in [0.25, 0.3) is 0 Å². The fourth-order valence-corrected chi connectivity index (χ4v) is 3.71. The van der Waals surface area contributed by atoms with Gasteiger partial charge in [-0.15, -0.1) is 12.4 Å². The number of ether oxygens (including phenoxy) is 1. The number of hydrogen-bond donors (Lipinski definition) is 2. The maximum Gasteiger partial charge on any atom is 0.337 e. The number of esters is 1. The van der Waals surface area contributed by atoms with Crippen LogP contribution in [0, 0.1) is 5.41 Å². The SMILES string of the molecule is COC(=O)c1cccc(S(=O)(=O)NCC2(C)CCNCC2)c1.Cl. The molecule has 0 saturated carbocycles. The van der Waals surface area contributed by atoms with Gasteiger partial charge in [-0.3, -0.25) is 0 Å². The molecule has 130 valence electrons. The van der Waals surface area contributed by atoms with Crippen molar-refractivity contribution in [1.82, 2.24) is 10.0 Å². The van der Waals surface area contributed by atoms with Crippen molar-refractivity contribution < 1.29 is 17.9 Å². The quantitative estimate of drug-likeness (QED) is 0.776. The van der Waals surface area contributed by atoms with Gasteiger partial charge in [0.05, 0.1) is 17.6 Å². The molecule has 8 heteroatoms. The number of methoxy groups -OCH3 is 1. The molecule has 2 rings (SSSR count). The topological polar surface area (TPSA) is 84.5 Å². The Hall–Kier alpha value is -1.15. The highest BCUT2D eigenvalue weighted by molar-refractivity contribution is 7.89. The highest BCUT2D eigenvalue weighted by atomic mass is 35.5. The maximum absolute atomic E-state index is 12.4. The Morgan fingerprint density at radius 2 is 2.00 bits per heavy atom. The number of hydrogen-bond acceptors (Lipinski definition) is 5. The first-order chi connectivity index (χ1) is 10.4. The molecule has 1 fully saturated rings. The lowest BCUT2D eigenvalue weighted by atomic mass is 9.81. The van der Waals surface area contributed by atoms with Crippen LogP contribution in [-0.2, 0) is 14.8 Å². The average molecular weight is 363 g/mol. The Bertz CT molecular complexity index is 643. The summed E-state index contributed by atoms with van der Waals surface area (Å²) in [7, 11) is -2.38. The summed E-state index contributed by atoms with van der Waals surface area (Å²) in [6.45, 7) is 4.27. The second kappa shape index (κ2) is 8.10. The molecule has 0 aliphatic carbocycles. The monoisotopic (exact) mass is 362 g/mol. The lowest BCUT2D eigenvalue weighted by molar-refractivity contribution is 0.0600. The van der Waals surface area contributed by atoms with E-state index in [2.05, 4.69) is 21.7 Å². The summed E-state index contributed by atoms with van der Waals surface area (Å²) in [5.74, 6) is -0.553. The largest absolute Gasteiger partial charge is 0.465 e. The van der Waals surface area contributed by atoms with Crippen molar-refractivity contribution >= 4 is 28.4 Å². The van der Waals surface area contributed by atoms with E-state index in [1.807, 2.05) is 0 Å². The number of nitrogens with one attached hydrogen (secondary N) is 2. The fourth-order valence-electron chi connectivity index (χ4n) is 2.47. The van der Waals surface area contributed by atoms with Crippen molar-refractivity contribution in [2.24, 2.45) is 5.41 Å². The summed E-state index contributed by atoms with van der Waals surface area (Å²) in [6.07, 6.45) is 1.86. The Morgan fingerprint density at radius 3 is 2.61 bits per heavy atom. The Kier molecular flexibility index (Phi) is 7.01. The molecule has 1 heterocycles. The van der Waals surface area contributed by atoms with Gasteiger partial charge in [-0.2, -0.15) is 0 Å². The van der Waals surface area contributed by atoms with Crippen molar-refractivity contribution in [2.45, 2.75) is 24.7 Å². The number of rotatable bonds is 5. The second-order valence-electron chi connectivity index (χ2n) is 5.90. The molecule has 0 atom stereocenters. The van der Waals surface area contributed by atoms with Gasteiger partial charge in [0.1, 0.15) is 0 Å². The first-order valence-electron chi connectivity index (χ1n) is 7.25. The predicted octanol–water partition coefficient (Wildman–Crippen LogP) is 1.56. The Labute approximate surface area is 143 Å². The standard InChI is InChI=1S/C15H22N2O4S.ClH/c1-15(6-8-16-9-7-15)11-17-22(19,20)13-5-3-4-12(10-13)14(18)21-2;/h3-5,10,16-17H,6-9,11H2,1-2H3;1H. The highest BCUT2D eigenvalue weighted by Crippen LogP contribution is 2.27. The first-order valence-corrected chi connectivity index (χ1v) is 8.73. The molecule has 1 saturated heterocycles. The zero-order valence-electron chi connectivity index (χ0n) is 13.3. The summed E-state index contributed by atoms with van der Waals surface area (Å²) < 4.78 is 32.1. The molecule has 0 aromatic heterocycles. The fraction of sp³-hybridized carbons (Fsp3) is 0.533. The molecule has 0 unspecified atom stereocenters. The Morgan fingerprint density at radius 1 is 1.35 bits per heavy atom. The maximum atomic E-state index is 12.4. The minimum atomic E-state index is -3.64. The predicted molar refractivity (Wildman–Crippen MR) is 90.4 cm³/mol. The molecule has 23 heavy (non-hydrogen) atoms. The van der Waals surface area contributed by atoms with Crippen LogP contribution in [-0.4, -0.2) is 41.1 Å². The lowest BCUT2D eigenvalue weighted by Gasteiger charge is -2.34. The molecule has 0 spiro atoms. The van der Waals surface area contributed by atoms with Crippen molar-refractivity contribution in [2.75, 3.05) is 26.7 Å². The molecule has 1 aliphatic heterocycles. The summed E-state index contributed by atoms with van der Waals surface area (Å²) >= 11 is 0. The molecular formula is C15H23ClN2O4S. The normalized spacial score (nSPS) is 17.1. The van der Waals surface area contributed by atoms with E-state index < -0.39 is 16.0 Å². The van der Waals surface area contributed by atoms with E-state index in [1.165, 1.54) is 31.4 Å². The number of halogens is 1. The van der Waals surface area contributed by atoms with E-state index in [0.29, 0.717) is 6.54 Å². The number of benzene rings is 1. The van der Waals surface area contributed by atoms with Crippen LogP contribution in [0.3, 0.4) is 0 Å². The first kappa shape index (κ1) is 19.9. The third-order valence-corrected chi connectivity index (χ3v) is 5.46. The number of carbonyl (C=O) groups excluding carboxylic acids is 1. The van der Waals surface area contributed by atoms with Gasteiger partial charge in [0.15, 0.2) is 0 Å². The van der Waals surface area contributed by atoms with Gasteiger partial charge in [0.25, 0.3) is 0 Å². The third-order valence-electron chi connectivity index (χ3n) is 4.07. The van der Waals surface area contributed by atoms with E-state index in [0.717, 1.165) is 25.9 Å². The molecule has 0 radical (unpaired) electrons. The van der Waals surface area contributed by atoms with Crippen LogP contribution in [0.5, 0.6) is 0 Å². The van der Waals surface area contributed by atoms with Crippen LogP contribution in [0.4, 0.5) is 0 Å². The average Bonchev–Trinajstić information content (AvgIpc) is 2.53. The van der Waals surface area contributed by atoms with Gasteiger partial charge in [-0.05, 0) is 49.5 Å². The van der Waals surface area contributed by atoms with Crippen molar-refractivity contribution in [3.8, 4) is 0 Å². The van der Waals surface area contributed by atoms with Crippen molar-refractivity contribution in [3.05, 3.63) is 29.8 Å². The summed E-state index contributed by atoms with van der Waals surface area (Å²) in [5.41, 5.74) is 0.177. The third kappa shape index (κ3) is 5.17. The van der Waals surface area contributed by atoms with Crippen LogP contribution < -0.4 is 10.0 Å². The van der Waals surface area contributed by atoms with E-state index >= 15 is 0 Å². The van der Waals surface area contributed by atoms with E-state index in [9.17, 15) is 13.2 Å². The van der Waals surface area contributed by atoms with E-state index in [4.69, 9.17) is 0 Å². The highest BCUT2D eigenvalue weighted by Gasteiger charge is 2.28. The zero-order chi connectivity index (χ0) is 16.2. The van der Waals surface area contributed by atoms with Gasteiger partial charge in [-0.1, -0.05) is 13.0 Å². The van der Waals surface area contributed by atoms with Crippen LogP contribution in [0.1, 0.15) is 30.1 Å². The van der Waals surface area contributed by atoms with Crippen LogP contribution in [0.2, 0.25) is 0 Å². The van der Waals surface area contributed by atoms with Crippen LogP contribution in [0.15, 0.2) is 29.2 Å². The van der Waals surface area contributed by atoms with E-state index in [1.54, 1.807) is 0 Å². The smallest absolute Gasteiger partial charge is 0.337 e. The molecule has 1 aromatic carbocycles. The zero-order valence-corrected chi connectivity index (χ0v) is 14.9. The lowest BCUT2D eigenvalue weighted by Crippen LogP contribution is -2.42. The van der Waals surface area contributed by atoms with Crippen LogP contribution >= 0.6 is 12.4 Å². The molecule has 1 aromatic rings. The molecule has 0 amide bonds. The minimum absolute atomic E-state index is 0. The van der Waals surface area contributed by atoms with Gasteiger partial charge in [0, 0.05) is 6.54 Å². The Balaban J connectivity index is 0.00000264. The minimum Gasteiger partial charge on any atom is -0.465 e. The molecule has 0 bridgehead atoms. The molecule has 1 aliphatic rings. The number of piperidine rings is 1. The molecule has 6 nitrogen and oxygen atoms in total. The summed E-state index contributed by atoms with van der Waals surface area (Å²) in [4.78, 5) is 11.6. The van der Waals surface area contributed by atoms with Gasteiger partial charge in [-0.25, -0.2) is 17.9 Å². The molecular weight excluding hydrogens is 340 g/mol. The number of carbonyl (C=O) groups is 1. The molecule has 2 N–H and O–H groups in total. The van der Waals surface area contributed by atoms with Crippen molar-refractivity contribution in [3.63, 3.8) is 0 Å². The second-order valence-corrected chi connectivity index (χ2v) is 7.67. The van der Waals surface area contributed by atoms with Gasteiger partial charge < -0.3 is 10.1 Å². The summed E-state index contributed by atoms with van der Waals surface area (Å²) in [5, 5.41) is 3.27. The van der Waals surface area contributed by atoms with E-state index in [-0.39, 0.29) is 28.3 Å². The summed E-state index contributed by atoms with van der Waals surface area (Å²) in [6, 6.07) is 5.87. The number of sulfonamides is 1. The van der Waals surface area contributed by atoms with Gasteiger partial charge in [0.2, 0.25) is 10.0 Å². The van der Waals surface area contributed by atoms with Gasteiger partial charge >= 0.3 is 5.97 Å². The van der Waals surface area contributed by atoms with Crippen molar-refractivity contribution in [1.29, 1.82) is 0 Å².